The summed E-state index contributed by atoms with van der Waals surface area (Å²) in [5, 5.41) is 2.86. The number of rotatable bonds is 6. The molecule has 1 heterocycles. The smallest absolute Gasteiger partial charge is 0.185 e. The lowest BCUT2D eigenvalue weighted by Gasteiger charge is -2.19. The first kappa shape index (κ1) is 11.1. The minimum absolute atomic E-state index is 0.198. The predicted molar refractivity (Wildman–Crippen MR) is 58.7 cm³/mol. The minimum atomic E-state index is 0.198. The van der Waals surface area contributed by atoms with Crippen molar-refractivity contribution in [1.29, 1.82) is 0 Å². The van der Waals surface area contributed by atoms with E-state index < -0.39 is 0 Å². The molecule has 14 heavy (non-hydrogen) atoms. The van der Waals surface area contributed by atoms with Gasteiger partial charge in [-0.1, -0.05) is 0 Å². The van der Waals surface area contributed by atoms with Gasteiger partial charge in [0.15, 0.2) is 5.13 Å². The van der Waals surface area contributed by atoms with Crippen molar-refractivity contribution in [3.8, 4) is 0 Å². The summed E-state index contributed by atoms with van der Waals surface area (Å²) < 4.78 is 0. The third-order valence-electron chi connectivity index (χ3n) is 1.82. The fraction of sp³-hybridized carbons (Fsp3) is 0.556. The molecule has 0 aromatic carbocycles. The van der Waals surface area contributed by atoms with Crippen molar-refractivity contribution in [2.45, 2.75) is 13.3 Å². The van der Waals surface area contributed by atoms with Crippen molar-refractivity contribution in [3.05, 3.63) is 11.6 Å². The van der Waals surface area contributed by atoms with E-state index in [0.717, 1.165) is 11.7 Å². The van der Waals surface area contributed by atoms with E-state index in [4.69, 9.17) is 5.73 Å². The number of aromatic nitrogens is 1. The molecule has 1 aromatic heterocycles. The van der Waals surface area contributed by atoms with Crippen LogP contribution in [-0.4, -0.2) is 30.4 Å². The largest absolute Gasteiger partial charge is 0.346 e. The van der Waals surface area contributed by atoms with Gasteiger partial charge in [0.1, 0.15) is 5.78 Å². The zero-order chi connectivity index (χ0) is 10.4. The maximum absolute atomic E-state index is 10.8. The molecular weight excluding hydrogens is 198 g/mol. The molecule has 5 heteroatoms. The highest BCUT2D eigenvalue weighted by Gasteiger charge is 2.08. The number of thiazole rings is 1. The molecule has 2 N–H and O–H groups in total. The second-order valence-electron chi connectivity index (χ2n) is 3.04. The number of anilines is 1. The number of nitrogens with zero attached hydrogens (tertiary/aromatic N) is 2. The molecule has 0 saturated carbocycles. The van der Waals surface area contributed by atoms with Crippen LogP contribution in [0.5, 0.6) is 0 Å². The molecule has 0 aliphatic rings. The predicted octanol–water partition coefficient (Wildman–Crippen LogP) is 0.887. The SMILES string of the molecule is CC(=O)CCN(CCN)c1nccs1. The molecule has 1 aromatic rings. The molecule has 0 unspecified atom stereocenters. The Morgan fingerprint density at radius 2 is 2.43 bits per heavy atom. The molecule has 0 saturated heterocycles. The molecule has 0 atom stereocenters. The van der Waals surface area contributed by atoms with E-state index in [-0.39, 0.29) is 5.78 Å². The number of nitrogens with two attached hydrogens (primary N) is 1. The second kappa shape index (κ2) is 5.72. The molecule has 0 spiro atoms. The molecule has 0 bridgehead atoms. The number of hydrogen-bond acceptors (Lipinski definition) is 5. The van der Waals surface area contributed by atoms with Crippen molar-refractivity contribution >= 4 is 22.3 Å². The summed E-state index contributed by atoms with van der Waals surface area (Å²) >= 11 is 1.57. The molecule has 1 rings (SSSR count). The first-order valence-electron chi connectivity index (χ1n) is 4.58. The Labute approximate surface area is 87.7 Å². The van der Waals surface area contributed by atoms with Crippen LogP contribution in [0.25, 0.3) is 0 Å². The van der Waals surface area contributed by atoms with Crippen LogP contribution in [-0.2, 0) is 4.79 Å². The Balaban J connectivity index is 2.51. The van der Waals surface area contributed by atoms with Crippen molar-refractivity contribution in [2.24, 2.45) is 5.73 Å². The number of carbonyl (C=O) groups is 1. The highest BCUT2D eigenvalue weighted by atomic mass is 32.1. The Morgan fingerprint density at radius 1 is 1.64 bits per heavy atom. The monoisotopic (exact) mass is 213 g/mol. The van der Waals surface area contributed by atoms with E-state index in [9.17, 15) is 4.79 Å². The standard InChI is InChI=1S/C9H15N3OS/c1-8(13)2-5-12(6-3-10)9-11-4-7-14-9/h4,7H,2-3,5-6,10H2,1H3. The average Bonchev–Trinajstić information content (AvgIpc) is 2.64. The zero-order valence-corrected chi connectivity index (χ0v) is 9.09. The summed E-state index contributed by atoms with van der Waals surface area (Å²) in [4.78, 5) is 17.1. The lowest BCUT2D eigenvalue weighted by Crippen LogP contribution is -2.31. The normalized spacial score (nSPS) is 10.1. The first-order valence-corrected chi connectivity index (χ1v) is 5.46. The van der Waals surface area contributed by atoms with Crippen LogP contribution >= 0.6 is 11.3 Å². The Hall–Kier alpha value is -0.940. The van der Waals surface area contributed by atoms with Gasteiger partial charge in [-0.25, -0.2) is 4.98 Å². The van der Waals surface area contributed by atoms with Crippen LogP contribution in [0.2, 0.25) is 0 Å². The minimum Gasteiger partial charge on any atom is -0.346 e. The first-order chi connectivity index (χ1) is 6.74. The summed E-state index contributed by atoms with van der Waals surface area (Å²) in [5.74, 6) is 0.198. The third-order valence-corrected chi connectivity index (χ3v) is 2.65. The molecule has 0 radical (unpaired) electrons. The van der Waals surface area contributed by atoms with Crippen molar-refractivity contribution in [3.63, 3.8) is 0 Å². The van der Waals surface area contributed by atoms with Crippen molar-refractivity contribution in [2.75, 3.05) is 24.5 Å². The fourth-order valence-electron chi connectivity index (χ4n) is 1.12. The summed E-state index contributed by atoms with van der Waals surface area (Å²) in [6.45, 7) is 3.64. The van der Waals surface area contributed by atoms with E-state index in [1.54, 1.807) is 24.5 Å². The zero-order valence-electron chi connectivity index (χ0n) is 8.27. The van der Waals surface area contributed by atoms with Gasteiger partial charge in [0.25, 0.3) is 0 Å². The van der Waals surface area contributed by atoms with E-state index in [0.29, 0.717) is 19.5 Å². The van der Waals surface area contributed by atoms with E-state index in [1.165, 1.54) is 0 Å². The quantitative estimate of drug-likeness (QED) is 0.762. The number of hydrogen-bond donors (Lipinski definition) is 1. The summed E-state index contributed by atoms with van der Waals surface area (Å²) in [6, 6.07) is 0. The van der Waals surface area contributed by atoms with Gasteiger partial charge in [0, 0.05) is 37.6 Å². The second-order valence-corrected chi connectivity index (χ2v) is 3.92. The van der Waals surface area contributed by atoms with Crippen LogP contribution in [0.15, 0.2) is 11.6 Å². The van der Waals surface area contributed by atoms with Crippen LogP contribution in [0.1, 0.15) is 13.3 Å². The number of Topliss-reactive ketones (excluding diaryl/α,β-unsaturated/α-hetero) is 1. The van der Waals surface area contributed by atoms with Gasteiger partial charge in [-0.3, -0.25) is 4.79 Å². The van der Waals surface area contributed by atoms with E-state index in [1.807, 2.05) is 10.3 Å². The van der Waals surface area contributed by atoms with Crippen molar-refractivity contribution in [1.82, 2.24) is 4.98 Å². The van der Waals surface area contributed by atoms with E-state index >= 15 is 0 Å². The Morgan fingerprint density at radius 3 is 2.93 bits per heavy atom. The Kier molecular flexibility index (Phi) is 4.55. The molecule has 0 fully saturated rings. The topological polar surface area (TPSA) is 59.2 Å². The molecule has 78 valence electrons. The van der Waals surface area contributed by atoms with Crippen LogP contribution in [0.4, 0.5) is 5.13 Å². The summed E-state index contributed by atoms with van der Waals surface area (Å²) in [6.07, 6.45) is 2.32. The molecule has 0 amide bonds. The molecular formula is C9H15N3OS. The van der Waals surface area contributed by atoms with Gasteiger partial charge in [-0.15, -0.1) is 11.3 Å². The lowest BCUT2D eigenvalue weighted by atomic mass is 10.3. The Bertz CT molecular complexity index is 274. The van der Waals surface area contributed by atoms with Crippen LogP contribution in [0.3, 0.4) is 0 Å². The van der Waals surface area contributed by atoms with Crippen LogP contribution in [0, 0.1) is 0 Å². The van der Waals surface area contributed by atoms with Crippen molar-refractivity contribution < 1.29 is 4.79 Å². The molecule has 0 aliphatic heterocycles. The van der Waals surface area contributed by atoms with Gasteiger partial charge < -0.3 is 10.6 Å². The average molecular weight is 213 g/mol. The van der Waals surface area contributed by atoms with Gasteiger partial charge in [0.2, 0.25) is 0 Å². The lowest BCUT2D eigenvalue weighted by molar-refractivity contribution is -0.116. The number of carbonyl (C=O) groups excluding carboxylic acids is 1. The maximum atomic E-state index is 10.8. The third kappa shape index (κ3) is 3.43. The van der Waals surface area contributed by atoms with Gasteiger partial charge in [-0.2, -0.15) is 0 Å². The van der Waals surface area contributed by atoms with Gasteiger partial charge in [0.05, 0.1) is 0 Å². The fourth-order valence-corrected chi connectivity index (χ4v) is 1.82. The van der Waals surface area contributed by atoms with Gasteiger partial charge >= 0.3 is 0 Å². The molecule has 0 aliphatic carbocycles. The van der Waals surface area contributed by atoms with Crippen LogP contribution < -0.4 is 10.6 Å². The highest BCUT2D eigenvalue weighted by molar-refractivity contribution is 7.13. The maximum Gasteiger partial charge on any atom is 0.185 e. The summed E-state index contributed by atoms with van der Waals surface area (Å²) in [5.41, 5.74) is 5.49. The number of ketones is 1. The van der Waals surface area contributed by atoms with E-state index in [2.05, 4.69) is 4.98 Å². The van der Waals surface area contributed by atoms with Gasteiger partial charge in [-0.05, 0) is 6.92 Å². The molecule has 4 nitrogen and oxygen atoms in total. The summed E-state index contributed by atoms with van der Waals surface area (Å²) in [7, 11) is 0. The highest BCUT2D eigenvalue weighted by Crippen LogP contribution is 2.16.